The number of Topliss-reactive ketones (excluding diaryl/α,β-unsaturated/α-hetero) is 1. The first kappa shape index (κ1) is 16.6. The van der Waals surface area contributed by atoms with E-state index in [0.717, 1.165) is 10.9 Å². The van der Waals surface area contributed by atoms with Crippen LogP contribution >= 0.6 is 23.2 Å². The molecule has 1 heterocycles. The standard InChI is InChI=1S/C18H13Cl2NO3/c19-14-6-5-10(7-15(14)20)17(22)8-12(18(23)24)13-9-21-16-4-2-1-3-11(13)16/h1-7,9,12,21H,8H2,(H,23,24). The van der Waals surface area contributed by atoms with E-state index in [9.17, 15) is 14.7 Å². The van der Waals surface area contributed by atoms with Crippen LogP contribution in [0.2, 0.25) is 10.0 Å². The van der Waals surface area contributed by atoms with E-state index in [1.807, 2.05) is 24.3 Å². The minimum atomic E-state index is -1.05. The summed E-state index contributed by atoms with van der Waals surface area (Å²) in [5.74, 6) is -2.29. The summed E-state index contributed by atoms with van der Waals surface area (Å²) in [4.78, 5) is 27.2. The lowest BCUT2D eigenvalue weighted by Crippen LogP contribution is -2.16. The second-order valence-corrected chi connectivity index (χ2v) is 6.25. The van der Waals surface area contributed by atoms with Gasteiger partial charge < -0.3 is 10.1 Å². The SMILES string of the molecule is O=C(CC(C(=O)O)c1c[nH]c2ccccc12)c1ccc(Cl)c(Cl)c1. The maximum absolute atomic E-state index is 12.5. The average Bonchev–Trinajstić information content (AvgIpc) is 2.98. The molecule has 0 spiro atoms. The lowest BCUT2D eigenvalue weighted by atomic mass is 9.91. The Morgan fingerprint density at radius 1 is 1.08 bits per heavy atom. The van der Waals surface area contributed by atoms with Gasteiger partial charge in [-0.05, 0) is 29.8 Å². The summed E-state index contributed by atoms with van der Waals surface area (Å²) in [6.07, 6.45) is 1.49. The van der Waals surface area contributed by atoms with E-state index in [1.54, 1.807) is 12.3 Å². The fourth-order valence-corrected chi connectivity index (χ4v) is 2.98. The summed E-state index contributed by atoms with van der Waals surface area (Å²) >= 11 is 11.8. The topological polar surface area (TPSA) is 70.2 Å². The minimum Gasteiger partial charge on any atom is -0.481 e. The van der Waals surface area contributed by atoms with Crippen LogP contribution < -0.4 is 0 Å². The number of carbonyl (C=O) groups is 2. The van der Waals surface area contributed by atoms with E-state index in [2.05, 4.69) is 4.98 Å². The van der Waals surface area contributed by atoms with Gasteiger partial charge in [0.05, 0.1) is 16.0 Å². The number of ketones is 1. The minimum absolute atomic E-state index is 0.158. The van der Waals surface area contributed by atoms with Gasteiger partial charge in [-0.25, -0.2) is 0 Å². The maximum atomic E-state index is 12.5. The van der Waals surface area contributed by atoms with Gasteiger partial charge in [0, 0.05) is 29.1 Å². The van der Waals surface area contributed by atoms with E-state index in [-0.39, 0.29) is 17.2 Å². The largest absolute Gasteiger partial charge is 0.481 e. The fraction of sp³-hybridized carbons (Fsp3) is 0.111. The van der Waals surface area contributed by atoms with E-state index in [4.69, 9.17) is 23.2 Å². The number of H-pyrrole nitrogens is 1. The summed E-state index contributed by atoms with van der Waals surface area (Å²) in [5.41, 5.74) is 1.77. The molecule has 0 aliphatic carbocycles. The number of hydrogen-bond donors (Lipinski definition) is 2. The van der Waals surface area contributed by atoms with Gasteiger partial charge in [-0.2, -0.15) is 0 Å². The Balaban J connectivity index is 1.93. The van der Waals surface area contributed by atoms with Crippen molar-refractivity contribution >= 4 is 45.9 Å². The summed E-state index contributed by atoms with van der Waals surface area (Å²) < 4.78 is 0. The number of carboxylic acid groups (broad SMARTS) is 1. The van der Waals surface area contributed by atoms with Crippen molar-refractivity contribution in [3.05, 3.63) is 69.8 Å². The summed E-state index contributed by atoms with van der Waals surface area (Å²) in [6, 6.07) is 11.9. The second-order valence-electron chi connectivity index (χ2n) is 5.44. The zero-order valence-corrected chi connectivity index (χ0v) is 13.9. The highest BCUT2D eigenvalue weighted by molar-refractivity contribution is 6.42. The quantitative estimate of drug-likeness (QED) is 0.633. The van der Waals surface area contributed by atoms with Gasteiger partial charge >= 0.3 is 5.97 Å². The molecule has 0 saturated heterocycles. The van der Waals surface area contributed by atoms with Crippen LogP contribution in [0.4, 0.5) is 0 Å². The van der Waals surface area contributed by atoms with Crippen LogP contribution in [-0.4, -0.2) is 21.8 Å². The number of fused-ring (bicyclic) bond motifs is 1. The van der Waals surface area contributed by atoms with Crippen LogP contribution in [0.3, 0.4) is 0 Å². The van der Waals surface area contributed by atoms with E-state index < -0.39 is 11.9 Å². The number of halogens is 2. The second kappa shape index (κ2) is 6.67. The van der Waals surface area contributed by atoms with Crippen molar-refractivity contribution in [2.24, 2.45) is 0 Å². The molecule has 0 aliphatic heterocycles. The van der Waals surface area contributed by atoms with Crippen LogP contribution in [0.5, 0.6) is 0 Å². The molecule has 4 nitrogen and oxygen atoms in total. The molecular formula is C18H13Cl2NO3. The molecule has 1 aromatic heterocycles. The van der Waals surface area contributed by atoms with Crippen LogP contribution in [0.15, 0.2) is 48.7 Å². The molecule has 0 radical (unpaired) electrons. The highest BCUT2D eigenvalue weighted by Crippen LogP contribution is 2.30. The lowest BCUT2D eigenvalue weighted by Gasteiger charge is -2.11. The van der Waals surface area contributed by atoms with Gasteiger partial charge in [0.1, 0.15) is 0 Å². The molecule has 2 N–H and O–H groups in total. The lowest BCUT2D eigenvalue weighted by molar-refractivity contribution is -0.138. The molecular weight excluding hydrogens is 349 g/mol. The van der Waals surface area contributed by atoms with Crippen LogP contribution in [0.25, 0.3) is 10.9 Å². The molecule has 1 atom stereocenters. The third kappa shape index (κ3) is 3.16. The predicted molar refractivity (Wildman–Crippen MR) is 94.1 cm³/mol. The van der Waals surface area contributed by atoms with Gasteiger partial charge in [-0.3, -0.25) is 9.59 Å². The molecule has 3 aromatic rings. The van der Waals surface area contributed by atoms with Crippen molar-refractivity contribution in [2.75, 3.05) is 0 Å². The molecule has 2 aromatic carbocycles. The Labute approximate surface area is 148 Å². The third-order valence-corrected chi connectivity index (χ3v) is 4.66. The van der Waals surface area contributed by atoms with Crippen LogP contribution in [0.1, 0.15) is 28.3 Å². The highest BCUT2D eigenvalue weighted by atomic mass is 35.5. The predicted octanol–water partition coefficient (Wildman–Crippen LogP) is 4.92. The highest BCUT2D eigenvalue weighted by Gasteiger charge is 2.26. The van der Waals surface area contributed by atoms with Gasteiger partial charge in [0.25, 0.3) is 0 Å². The zero-order valence-electron chi connectivity index (χ0n) is 12.4. The molecule has 3 rings (SSSR count). The first-order valence-corrected chi connectivity index (χ1v) is 8.00. The van der Waals surface area contributed by atoms with Gasteiger partial charge in [0.2, 0.25) is 0 Å². The molecule has 122 valence electrons. The first-order valence-electron chi connectivity index (χ1n) is 7.24. The van der Waals surface area contributed by atoms with E-state index in [1.165, 1.54) is 12.1 Å². The van der Waals surface area contributed by atoms with Crippen molar-refractivity contribution in [2.45, 2.75) is 12.3 Å². The molecule has 1 unspecified atom stereocenters. The summed E-state index contributed by atoms with van der Waals surface area (Å²) in [7, 11) is 0. The van der Waals surface area contributed by atoms with Crippen LogP contribution in [0, 0.1) is 0 Å². The Kier molecular flexibility index (Phi) is 4.60. The van der Waals surface area contributed by atoms with Crippen molar-refractivity contribution in [1.82, 2.24) is 4.98 Å². The monoisotopic (exact) mass is 361 g/mol. The molecule has 24 heavy (non-hydrogen) atoms. The third-order valence-electron chi connectivity index (χ3n) is 3.93. The number of carboxylic acids is 1. The number of rotatable bonds is 5. The normalized spacial score (nSPS) is 12.2. The molecule has 0 aliphatic rings. The van der Waals surface area contributed by atoms with Crippen molar-refractivity contribution < 1.29 is 14.7 Å². The average molecular weight is 362 g/mol. The first-order chi connectivity index (χ1) is 11.5. The van der Waals surface area contributed by atoms with Crippen molar-refractivity contribution in [3.8, 4) is 0 Å². The Bertz CT molecular complexity index is 933. The molecule has 6 heteroatoms. The van der Waals surface area contributed by atoms with E-state index in [0.29, 0.717) is 16.1 Å². The van der Waals surface area contributed by atoms with Gasteiger partial charge in [-0.15, -0.1) is 0 Å². The number of aromatic nitrogens is 1. The smallest absolute Gasteiger partial charge is 0.311 e. The Hall–Kier alpha value is -2.30. The number of para-hydroxylation sites is 1. The molecule has 0 fully saturated rings. The van der Waals surface area contributed by atoms with Crippen molar-refractivity contribution in [3.63, 3.8) is 0 Å². The maximum Gasteiger partial charge on any atom is 0.311 e. The number of aliphatic carboxylic acids is 1. The zero-order chi connectivity index (χ0) is 17.3. The molecule has 0 bridgehead atoms. The van der Waals surface area contributed by atoms with Gasteiger partial charge in [0.15, 0.2) is 5.78 Å². The van der Waals surface area contributed by atoms with E-state index >= 15 is 0 Å². The van der Waals surface area contributed by atoms with Crippen molar-refractivity contribution in [1.29, 1.82) is 0 Å². The number of aromatic amines is 1. The molecule has 0 saturated carbocycles. The molecule has 0 amide bonds. The Morgan fingerprint density at radius 3 is 2.54 bits per heavy atom. The summed E-state index contributed by atoms with van der Waals surface area (Å²) in [5, 5.41) is 11.0. The Morgan fingerprint density at radius 2 is 1.83 bits per heavy atom. The number of carbonyl (C=O) groups excluding carboxylic acids is 1. The number of nitrogens with one attached hydrogen (secondary N) is 1. The number of hydrogen-bond acceptors (Lipinski definition) is 2. The van der Waals surface area contributed by atoms with Crippen LogP contribution in [-0.2, 0) is 4.79 Å². The fourth-order valence-electron chi connectivity index (χ4n) is 2.69. The summed E-state index contributed by atoms with van der Waals surface area (Å²) in [6.45, 7) is 0. The number of benzene rings is 2. The van der Waals surface area contributed by atoms with Gasteiger partial charge in [-0.1, -0.05) is 41.4 Å².